The van der Waals surface area contributed by atoms with Gasteiger partial charge in [0.2, 0.25) is 0 Å². The van der Waals surface area contributed by atoms with Crippen LogP contribution in [0.25, 0.3) is 0 Å². The number of carbonyl (C=O) groups excluding carboxylic acids is 1. The Labute approximate surface area is 152 Å². The van der Waals surface area contributed by atoms with Crippen molar-refractivity contribution in [3.8, 4) is 17.6 Å². The van der Waals surface area contributed by atoms with Crippen LogP contribution in [0.1, 0.15) is 13.8 Å². The highest BCUT2D eigenvalue weighted by molar-refractivity contribution is 6.06. The number of para-hydroxylation sites is 1. The van der Waals surface area contributed by atoms with E-state index >= 15 is 0 Å². The Hall–Kier alpha value is -3.30. The first-order valence-electron chi connectivity index (χ1n) is 8.07. The number of anilines is 1. The van der Waals surface area contributed by atoms with Crippen molar-refractivity contribution < 1.29 is 14.6 Å². The minimum atomic E-state index is -0.626. The van der Waals surface area contributed by atoms with Crippen LogP contribution in [0.5, 0.6) is 11.5 Å². The predicted molar refractivity (Wildman–Crippen MR) is 99.6 cm³/mol. The summed E-state index contributed by atoms with van der Waals surface area (Å²) in [5.41, 5.74) is -0.173. The van der Waals surface area contributed by atoms with Crippen LogP contribution in [0.15, 0.2) is 66.4 Å². The molecule has 0 heterocycles. The Morgan fingerprint density at radius 2 is 1.77 bits per heavy atom. The van der Waals surface area contributed by atoms with E-state index in [4.69, 9.17) is 10.00 Å². The number of nitrogens with zero attached hydrogens (tertiary/aromatic N) is 1. The number of hydrogen-bond acceptors (Lipinski definition) is 5. The van der Waals surface area contributed by atoms with Crippen molar-refractivity contribution in [3.63, 3.8) is 0 Å². The van der Waals surface area contributed by atoms with Gasteiger partial charge in [-0.25, -0.2) is 0 Å². The first-order chi connectivity index (χ1) is 12.4. The average Bonchev–Trinajstić information content (AvgIpc) is 2.64. The molecule has 0 aliphatic carbocycles. The Bertz CT molecular complexity index is 806. The number of hydrogen-bond donors (Lipinski definition) is 3. The van der Waals surface area contributed by atoms with Gasteiger partial charge in [-0.15, -0.1) is 0 Å². The van der Waals surface area contributed by atoms with E-state index in [1.807, 2.05) is 36.4 Å². The van der Waals surface area contributed by atoms with Gasteiger partial charge in [0.25, 0.3) is 5.91 Å². The summed E-state index contributed by atoms with van der Waals surface area (Å²) in [7, 11) is 0. The molecule has 0 saturated heterocycles. The van der Waals surface area contributed by atoms with Gasteiger partial charge < -0.3 is 20.5 Å². The van der Waals surface area contributed by atoms with Crippen molar-refractivity contribution in [1.82, 2.24) is 5.32 Å². The third kappa shape index (κ3) is 5.65. The SMILES string of the molecule is CC(C)(CO)N/C=C(/C#N)C(=O)Nc1ccc(Oc2ccccc2)cc1. The van der Waals surface area contributed by atoms with Gasteiger partial charge in [0, 0.05) is 11.9 Å². The molecule has 2 rings (SSSR count). The zero-order valence-electron chi connectivity index (χ0n) is 14.7. The molecule has 0 saturated carbocycles. The second-order valence-electron chi connectivity index (χ2n) is 6.25. The van der Waals surface area contributed by atoms with E-state index in [2.05, 4.69) is 10.6 Å². The van der Waals surface area contributed by atoms with Gasteiger partial charge in [-0.3, -0.25) is 4.79 Å². The Kier molecular flexibility index (Phi) is 6.36. The molecule has 0 aromatic heterocycles. The molecule has 0 radical (unpaired) electrons. The van der Waals surface area contributed by atoms with E-state index in [9.17, 15) is 9.90 Å². The molecule has 2 aromatic carbocycles. The van der Waals surface area contributed by atoms with E-state index in [0.29, 0.717) is 11.4 Å². The fourth-order valence-corrected chi connectivity index (χ4v) is 1.89. The summed E-state index contributed by atoms with van der Waals surface area (Å²) >= 11 is 0. The predicted octanol–water partition coefficient (Wildman–Crippen LogP) is 3.19. The minimum Gasteiger partial charge on any atom is -0.457 e. The highest BCUT2D eigenvalue weighted by atomic mass is 16.5. The summed E-state index contributed by atoms with van der Waals surface area (Å²) in [5.74, 6) is 0.818. The molecule has 3 N–H and O–H groups in total. The molecule has 0 aliphatic heterocycles. The van der Waals surface area contributed by atoms with Crippen LogP contribution in [0, 0.1) is 11.3 Å². The standard InChI is InChI=1S/C20H21N3O3/c1-20(2,14-24)22-13-15(12-21)19(25)23-16-8-10-18(11-9-16)26-17-6-4-3-5-7-17/h3-11,13,22,24H,14H2,1-2H3,(H,23,25)/b15-13-. The lowest BCUT2D eigenvalue weighted by molar-refractivity contribution is -0.112. The second kappa shape index (κ2) is 8.70. The van der Waals surface area contributed by atoms with Crippen molar-refractivity contribution in [3.05, 3.63) is 66.4 Å². The lowest BCUT2D eigenvalue weighted by atomic mass is 10.1. The largest absolute Gasteiger partial charge is 0.457 e. The first kappa shape index (κ1) is 19.0. The number of carbonyl (C=O) groups is 1. The lowest BCUT2D eigenvalue weighted by Gasteiger charge is -2.22. The van der Waals surface area contributed by atoms with Crippen LogP contribution in [0.4, 0.5) is 5.69 Å². The van der Waals surface area contributed by atoms with Gasteiger partial charge in [0.1, 0.15) is 23.1 Å². The normalized spacial score (nSPS) is 11.4. The fourth-order valence-electron chi connectivity index (χ4n) is 1.89. The lowest BCUT2D eigenvalue weighted by Crippen LogP contribution is -2.39. The van der Waals surface area contributed by atoms with Gasteiger partial charge in [-0.05, 0) is 50.2 Å². The molecule has 26 heavy (non-hydrogen) atoms. The van der Waals surface area contributed by atoms with Crippen molar-refractivity contribution in [2.45, 2.75) is 19.4 Å². The third-order valence-electron chi connectivity index (χ3n) is 3.46. The molecule has 6 heteroatoms. The minimum absolute atomic E-state index is 0.0869. The molecule has 6 nitrogen and oxygen atoms in total. The number of amides is 1. The van der Waals surface area contributed by atoms with Crippen LogP contribution >= 0.6 is 0 Å². The highest BCUT2D eigenvalue weighted by Gasteiger charge is 2.16. The summed E-state index contributed by atoms with van der Waals surface area (Å²) in [5, 5.41) is 23.8. The Morgan fingerprint density at radius 3 is 2.35 bits per heavy atom. The Balaban J connectivity index is 2.00. The van der Waals surface area contributed by atoms with Crippen molar-refractivity contribution in [2.75, 3.05) is 11.9 Å². The number of nitrogens with one attached hydrogen (secondary N) is 2. The van der Waals surface area contributed by atoms with E-state index in [1.54, 1.807) is 38.1 Å². The number of nitriles is 1. The second-order valence-corrected chi connectivity index (χ2v) is 6.25. The molecular formula is C20H21N3O3. The molecule has 0 spiro atoms. The van der Waals surface area contributed by atoms with Gasteiger partial charge in [-0.2, -0.15) is 5.26 Å². The number of rotatable bonds is 7. The molecular weight excluding hydrogens is 330 g/mol. The maximum Gasteiger partial charge on any atom is 0.267 e. The number of aliphatic hydroxyl groups is 1. The summed E-state index contributed by atoms with van der Waals surface area (Å²) in [6.45, 7) is 3.37. The van der Waals surface area contributed by atoms with Crippen LogP contribution in [0.2, 0.25) is 0 Å². The zero-order chi connectivity index (χ0) is 19.0. The summed E-state index contributed by atoms with van der Waals surface area (Å²) in [6, 6.07) is 18.0. The summed E-state index contributed by atoms with van der Waals surface area (Å²) in [4.78, 5) is 12.2. The summed E-state index contributed by atoms with van der Waals surface area (Å²) < 4.78 is 5.69. The fraction of sp³-hybridized carbons (Fsp3) is 0.200. The van der Waals surface area contributed by atoms with Crippen LogP contribution < -0.4 is 15.4 Å². The molecule has 0 atom stereocenters. The topological polar surface area (TPSA) is 94.4 Å². The highest BCUT2D eigenvalue weighted by Crippen LogP contribution is 2.22. The number of aliphatic hydroxyl groups excluding tert-OH is 1. The van der Waals surface area contributed by atoms with E-state index < -0.39 is 11.4 Å². The van der Waals surface area contributed by atoms with E-state index in [1.165, 1.54) is 6.20 Å². The molecule has 0 aliphatic rings. The monoisotopic (exact) mass is 351 g/mol. The van der Waals surface area contributed by atoms with Crippen molar-refractivity contribution >= 4 is 11.6 Å². The molecule has 134 valence electrons. The molecule has 0 bridgehead atoms. The molecule has 0 fully saturated rings. The smallest absolute Gasteiger partial charge is 0.267 e. The first-order valence-corrected chi connectivity index (χ1v) is 8.07. The third-order valence-corrected chi connectivity index (χ3v) is 3.46. The van der Waals surface area contributed by atoms with Crippen LogP contribution in [-0.4, -0.2) is 23.2 Å². The zero-order valence-corrected chi connectivity index (χ0v) is 14.7. The molecule has 1 amide bonds. The number of benzene rings is 2. The Morgan fingerprint density at radius 1 is 1.15 bits per heavy atom. The van der Waals surface area contributed by atoms with E-state index in [0.717, 1.165) is 5.75 Å². The maximum absolute atomic E-state index is 12.2. The number of ether oxygens (including phenoxy) is 1. The van der Waals surface area contributed by atoms with Crippen LogP contribution in [0.3, 0.4) is 0 Å². The average molecular weight is 351 g/mol. The molecule has 0 unspecified atom stereocenters. The van der Waals surface area contributed by atoms with Crippen molar-refractivity contribution in [2.24, 2.45) is 0 Å². The van der Waals surface area contributed by atoms with Gasteiger partial charge in [0.15, 0.2) is 0 Å². The summed E-state index contributed by atoms with van der Waals surface area (Å²) in [6.07, 6.45) is 1.30. The van der Waals surface area contributed by atoms with Crippen LogP contribution in [-0.2, 0) is 4.79 Å². The van der Waals surface area contributed by atoms with Crippen molar-refractivity contribution in [1.29, 1.82) is 5.26 Å². The van der Waals surface area contributed by atoms with Gasteiger partial charge in [-0.1, -0.05) is 18.2 Å². The quantitative estimate of drug-likeness (QED) is 0.526. The van der Waals surface area contributed by atoms with Gasteiger partial charge in [0.05, 0.1) is 12.1 Å². The maximum atomic E-state index is 12.2. The molecule has 2 aromatic rings. The van der Waals surface area contributed by atoms with Gasteiger partial charge >= 0.3 is 0 Å². The van der Waals surface area contributed by atoms with E-state index in [-0.39, 0.29) is 12.2 Å².